The first-order chi connectivity index (χ1) is 9.58. The van der Waals surface area contributed by atoms with Crippen molar-refractivity contribution in [3.05, 3.63) is 59.2 Å². The summed E-state index contributed by atoms with van der Waals surface area (Å²) in [5.74, 6) is -1.08. The molecule has 0 saturated carbocycles. The molecule has 6 heteroatoms. The maximum absolute atomic E-state index is 11.4. The summed E-state index contributed by atoms with van der Waals surface area (Å²) in [6, 6.07) is 6.64. The highest BCUT2D eigenvalue weighted by Crippen LogP contribution is 2.22. The molecule has 2 aromatic rings. The molecule has 100 valence electrons. The van der Waals surface area contributed by atoms with Crippen molar-refractivity contribution in [3.8, 4) is 11.8 Å². The number of aromatic nitrogens is 2. The number of carbonyl (C=O) groups is 1. The van der Waals surface area contributed by atoms with Crippen LogP contribution in [-0.2, 0) is 6.42 Å². The number of benzene rings is 1. The van der Waals surface area contributed by atoms with Crippen molar-refractivity contribution in [2.45, 2.75) is 6.42 Å². The second kappa shape index (κ2) is 5.59. The Hall–Kier alpha value is -2.58. The standard InChI is InChI=1S/C14H10ClN3O2/c1-2-3-12-13(14(19)20)18(8-17-12)10-5-4-9(7-16)11(15)6-10/h2,4-6,8H,1,3H2,(H,19,20). The number of aromatic carboxylic acids is 1. The number of nitriles is 1. The van der Waals surface area contributed by atoms with Crippen LogP contribution in [0.25, 0.3) is 5.69 Å². The van der Waals surface area contributed by atoms with Crippen molar-refractivity contribution in [3.63, 3.8) is 0 Å². The van der Waals surface area contributed by atoms with E-state index in [1.807, 2.05) is 6.07 Å². The number of imidazole rings is 1. The Morgan fingerprint density at radius 1 is 1.60 bits per heavy atom. The smallest absolute Gasteiger partial charge is 0.354 e. The Morgan fingerprint density at radius 2 is 2.35 bits per heavy atom. The lowest BCUT2D eigenvalue weighted by Gasteiger charge is -2.07. The summed E-state index contributed by atoms with van der Waals surface area (Å²) in [6.45, 7) is 3.58. The molecule has 0 spiro atoms. The van der Waals surface area contributed by atoms with Gasteiger partial charge in [-0.05, 0) is 18.2 Å². The van der Waals surface area contributed by atoms with Crippen LogP contribution in [0.15, 0.2) is 37.2 Å². The van der Waals surface area contributed by atoms with Crippen LogP contribution in [0, 0.1) is 11.3 Å². The van der Waals surface area contributed by atoms with Gasteiger partial charge >= 0.3 is 5.97 Å². The van der Waals surface area contributed by atoms with Gasteiger partial charge in [0, 0.05) is 12.1 Å². The van der Waals surface area contributed by atoms with Crippen LogP contribution < -0.4 is 0 Å². The van der Waals surface area contributed by atoms with E-state index in [0.717, 1.165) is 0 Å². The van der Waals surface area contributed by atoms with Crippen molar-refractivity contribution in [2.75, 3.05) is 0 Å². The van der Waals surface area contributed by atoms with E-state index in [1.54, 1.807) is 12.1 Å². The van der Waals surface area contributed by atoms with Gasteiger partial charge in [0.15, 0.2) is 5.69 Å². The highest BCUT2D eigenvalue weighted by Gasteiger charge is 2.18. The van der Waals surface area contributed by atoms with E-state index in [1.165, 1.54) is 23.0 Å². The van der Waals surface area contributed by atoms with Crippen LogP contribution in [0.1, 0.15) is 21.7 Å². The summed E-state index contributed by atoms with van der Waals surface area (Å²) in [6.07, 6.45) is 3.36. The van der Waals surface area contributed by atoms with Gasteiger partial charge in [0.25, 0.3) is 0 Å². The molecule has 1 aromatic carbocycles. The fourth-order valence-corrected chi connectivity index (χ4v) is 2.06. The van der Waals surface area contributed by atoms with E-state index in [4.69, 9.17) is 16.9 Å². The summed E-state index contributed by atoms with van der Waals surface area (Å²) in [7, 11) is 0. The van der Waals surface area contributed by atoms with Crippen LogP contribution in [0.4, 0.5) is 0 Å². The molecule has 5 nitrogen and oxygen atoms in total. The van der Waals surface area contributed by atoms with Crippen LogP contribution in [-0.4, -0.2) is 20.6 Å². The molecule has 1 N–H and O–H groups in total. The quantitative estimate of drug-likeness (QED) is 0.877. The van der Waals surface area contributed by atoms with Crippen molar-refractivity contribution in [1.29, 1.82) is 5.26 Å². The van der Waals surface area contributed by atoms with Gasteiger partial charge in [-0.15, -0.1) is 6.58 Å². The maximum atomic E-state index is 11.4. The van der Waals surface area contributed by atoms with Crippen LogP contribution in [0.3, 0.4) is 0 Å². The fraction of sp³-hybridized carbons (Fsp3) is 0.0714. The average Bonchev–Trinajstić information content (AvgIpc) is 2.83. The minimum atomic E-state index is -1.08. The number of allylic oxidation sites excluding steroid dienone is 1. The van der Waals surface area contributed by atoms with E-state index >= 15 is 0 Å². The third-order valence-electron chi connectivity index (χ3n) is 2.73. The number of carboxylic acid groups (broad SMARTS) is 1. The second-order valence-corrected chi connectivity index (χ2v) is 4.39. The van der Waals surface area contributed by atoms with E-state index < -0.39 is 5.97 Å². The highest BCUT2D eigenvalue weighted by atomic mass is 35.5. The van der Waals surface area contributed by atoms with Crippen LogP contribution in [0.5, 0.6) is 0 Å². The van der Waals surface area contributed by atoms with E-state index in [-0.39, 0.29) is 10.7 Å². The molecule has 0 atom stereocenters. The second-order valence-electron chi connectivity index (χ2n) is 3.98. The van der Waals surface area contributed by atoms with Gasteiger partial charge in [0.1, 0.15) is 12.4 Å². The Labute approximate surface area is 120 Å². The van der Waals surface area contributed by atoms with Crippen molar-refractivity contribution < 1.29 is 9.90 Å². The molecule has 0 aliphatic carbocycles. The lowest BCUT2D eigenvalue weighted by atomic mass is 10.2. The molecular formula is C14H10ClN3O2. The van der Waals surface area contributed by atoms with E-state index in [9.17, 15) is 9.90 Å². The zero-order valence-electron chi connectivity index (χ0n) is 10.4. The third kappa shape index (κ3) is 2.42. The van der Waals surface area contributed by atoms with Crippen molar-refractivity contribution in [1.82, 2.24) is 9.55 Å². The lowest BCUT2D eigenvalue weighted by molar-refractivity contribution is 0.0687. The lowest BCUT2D eigenvalue weighted by Crippen LogP contribution is -2.08. The first-order valence-electron chi connectivity index (χ1n) is 5.69. The van der Waals surface area contributed by atoms with Gasteiger partial charge in [-0.2, -0.15) is 5.26 Å². The zero-order valence-corrected chi connectivity index (χ0v) is 11.1. The molecule has 0 bridgehead atoms. The Kier molecular flexibility index (Phi) is 3.87. The Morgan fingerprint density at radius 3 is 2.90 bits per heavy atom. The fourth-order valence-electron chi connectivity index (χ4n) is 1.84. The van der Waals surface area contributed by atoms with E-state index in [0.29, 0.717) is 23.4 Å². The van der Waals surface area contributed by atoms with Gasteiger partial charge in [-0.3, -0.25) is 4.57 Å². The molecule has 0 fully saturated rings. The predicted octanol–water partition coefficient (Wildman–Crippen LogP) is 2.82. The first-order valence-corrected chi connectivity index (χ1v) is 6.06. The number of rotatable bonds is 4. The number of hydrogen-bond donors (Lipinski definition) is 1. The first kappa shape index (κ1) is 13.8. The minimum Gasteiger partial charge on any atom is -0.477 e. The largest absolute Gasteiger partial charge is 0.477 e. The molecular weight excluding hydrogens is 278 g/mol. The molecule has 0 aliphatic heterocycles. The summed E-state index contributed by atoms with van der Waals surface area (Å²) in [5.41, 5.74) is 1.35. The van der Waals surface area contributed by atoms with Gasteiger partial charge in [-0.25, -0.2) is 9.78 Å². The highest BCUT2D eigenvalue weighted by molar-refractivity contribution is 6.31. The predicted molar refractivity (Wildman–Crippen MR) is 74.1 cm³/mol. The topological polar surface area (TPSA) is 78.9 Å². The number of nitrogens with zero attached hydrogens (tertiary/aromatic N) is 3. The maximum Gasteiger partial charge on any atom is 0.354 e. The SMILES string of the molecule is C=CCc1ncn(-c2ccc(C#N)c(Cl)c2)c1C(=O)O. The number of carboxylic acids is 1. The molecule has 0 saturated heterocycles. The molecule has 20 heavy (non-hydrogen) atoms. The summed E-state index contributed by atoms with van der Waals surface area (Å²) < 4.78 is 1.42. The van der Waals surface area contributed by atoms with Crippen molar-refractivity contribution >= 4 is 17.6 Å². The van der Waals surface area contributed by atoms with E-state index in [2.05, 4.69) is 11.6 Å². The molecule has 0 radical (unpaired) electrons. The molecule has 0 amide bonds. The molecule has 1 heterocycles. The molecule has 0 unspecified atom stereocenters. The third-order valence-corrected chi connectivity index (χ3v) is 3.05. The van der Waals surface area contributed by atoms with Gasteiger partial charge < -0.3 is 5.11 Å². The summed E-state index contributed by atoms with van der Waals surface area (Å²) in [5, 5.41) is 18.4. The molecule has 0 aliphatic rings. The van der Waals surface area contributed by atoms with Crippen LogP contribution >= 0.6 is 11.6 Å². The molecule has 2 rings (SSSR count). The Balaban J connectivity index is 2.58. The van der Waals surface area contributed by atoms with Crippen molar-refractivity contribution in [2.24, 2.45) is 0 Å². The van der Waals surface area contributed by atoms with Gasteiger partial charge in [0.2, 0.25) is 0 Å². The summed E-state index contributed by atoms with van der Waals surface area (Å²) in [4.78, 5) is 15.5. The monoisotopic (exact) mass is 287 g/mol. The van der Waals surface area contributed by atoms with Gasteiger partial charge in [-0.1, -0.05) is 17.7 Å². The Bertz CT molecular complexity index is 729. The van der Waals surface area contributed by atoms with Crippen LogP contribution in [0.2, 0.25) is 5.02 Å². The minimum absolute atomic E-state index is 0.0608. The molecule has 1 aromatic heterocycles. The normalized spacial score (nSPS) is 10.0. The average molecular weight is 288 g/mol. The summed E-state index contributed by atoms with van der Waals surface area (Å²) >= 11 is 5.96. The number of hydrogen-bond acceptors (Lipinski definition) is 3. The van der Waals surface area contributed by atoms with Gasteiger partial charge in [0.05, 0.1) is 16.3 Å². The zero-order chi connectivity index (χ0) is 14.7. The number of halogens is 1.